The van der Waals surface area contributed by atoms with Crippen molar-refractivity contribution in [2.75, 3.05) is 25.7 Å². The predicted molar refractivity (Wildman–Crippen MR) is 143 cm³/mol. The third kappa shape index (κ3) is 4.20. The van der Waals surface area contributed by atoms with Crippen LogP contribution >= 0.6 is 23.2 Å². The van der Waals surface area contributed by atoms with Crippen LogP contribution in [0.3, 0.4) is 0 Å². The van der Waals surface area contributed by atoms with Crippen LogP contribution in [0.2, 0.25) is 10.0 Å². The summed E-state index contributed by atoms with van der Waals surface area (Å²) >= 11 is 12.6. The molecule has 3 aromatic carbocycles. The quantitative estimate of drug-likeness (QED) is 0.253. The van der Waals surface area contributed by atoms with Crippen molar-refractivity contribution in [3.63, 3.8) is 0 Å². The summed E-state index contributed by atoms with van der Waals surface area (Å²) in [6.07, 6.45) is 1.62. The number of halogens is 2. The van der Waals surface area contributed by atoms with Crippen LogP contribution in [-0.4, -0.2) is 26.7 Å². The van der Waals surface area contributed by atoms with Crippen LogP contribution < -0.4 is 24.5 Å². The number of carbonyl (C=O) groups is 1. The van der Waals surface area contributed by atoms with E-state index in [1.165, 1.54) is 25.2 Å². The number of rotatable bonds is 7. The number of carbonyl (C=O) groups excluding carboxylic acids is 1. The van der Waals surface area contributed by atoms with Crippen LogP contribution in [0.25, 0.3) is 11.0 Å². The molecule has 0 saturated heterocycles. The molecule has 7 nitrogen and oxygen atoms in total. The largest absolute Gasteiger partial charge is 0.495 e. The van der Waals surface area contributed by atoms with E-state index in [2.05, 4.69) is 6.58 Å². The van der Waals surface area contributed by atoms with Crippen molar-refractivity contribution in [1.29, 1.82) is 0 Å². The van der Waals surface area contributed by atoms with E-state index in [1.807, 2.05) is 0 Å². The molecule has 9 heteroatoms. The number of fused-ring (bicyclic) bond motifs is 2. The molecule has 1 aliphatic heterocycles. The first-order valence-corrected chi connectivity index (χ1v) is 12.0. The Bertz CT molecular complexity index is 1610. The van der Waals surface area contributed by atoms with Crippen molar-refractivity contribution >= 4 is 45.8 Å². The van der Waals surface area contributed by atoms with Gasteiger partial charge in [-0.1, -0.05) is 41.9 Å². The van der Waals surface area contributed by atoms with Gasteiger partial charge in [0.05, 0.1) is 36.2 Å². The highest BCUT2D eigenvalue weighted by Crippen LogP contribution is 2.44. The van der Waals surface area contributed by atoms with Gasteiger partial charge in [-0.3, -0.25) is 14.5 Å². The first-order valence-electron chi connectivity index (χ1n) is 11.2. The highest BCUT2D eigenvalue weighted by Gasteiger charge is 2.44. The standard InChI is InChI=1S/C28H21Cl2NO6/c1-4-11-36-22-8-5-15(12-23(22)35-3)25-24-26(32)18-13-16(29)6-9-20(18)37-27(24)28(33)31(25)17-7-10-21(34-2)19(30)14-17/h4-10,12-14,25H,1,11H2,2-3H3. The Morgan fingerprint density at radius 1 is 0.973 bits per heavy atom. The van der Waals surface area contributed by atoms with Crippen LogP contribution in [0.5, 0.6) is 17.2 Å². The van der Waals surface area contributed by atoms with Gasteiger partial charge < -0.3 is 18.6 Å². The fourth-order valence-corrected chi connectivity index (χ4v) is 4.88. The molecule has 0 bridgehead atoms. The Hall–Kier alpha value is -3.94. The van der Waals surface area contributed by atoms with Crippen molar-refractivity contribution in [2.45, 2.75) is 6.04 Å². The van der Waals surface area contributed by atoms with E-state index in [0.717, 1.165) is 0 Å². The number of anilines is 1. The third-order valence-corrected chi connectivity index (χ3v) is 6.64. The molecular formula is C28H21Cl2NO6. The lowest BCUT2D eigenvalue weighted by molar-refractivity contribution is 0.0971. The van der Waals surface area contributed by atoms with Gasteiger partial charge in [-0.15, -0.1) is 0 Å². The van der Waals surface area contributed by atoms with Gasteiger partial charge in [0, 0.05) is 10.7 Å². The Labute approximate surface area is 222 Å². The van der Waals surface area contributed by atoms with Crippen LogP contribution in [-0.2, 0) is 0 Å². The normalized spacial score (nSPS) is 14.5. The molecule has 0 radical (unpaired) electrons. The number of hydrogen-bond donors (Lipinski definition) is 0. The number of nitrogens with zero attached hydrogens (tertiary/aromatic N) is 1. The first-order chi connectivity index (χ1) is 17.9. The van der Waals surface area contributed by atoms with Crippen molar-refractivity contribution in [1.82, 2.24) is 0 Å². The van der Waals surface area contributed by atoms with E-state index in [-0.39, 0.29) is 34.3 Å². The molecule has 188 valence electrons. The zero-order valence-electron chi connectivity index (χ0n) is 19.9. The Kier molecular flexibility index (Phi) is 6.58. The maximum absolute atomic E-state index is 13.8. The summed E-state index contributed by atoms with van der Waals surface area (Å²) in [5.74, 6) is 0.836. The summed E-state index contributed by atoms with van der Waals surface area (Å²) in [4.78, 5) is 29.1. The minimum atomic E-state index is -0.839. The SMILES string of the molecule is C=CCOc1ccc(C2c3c(oc4ccc(Cl)cc4c3=O)C(=O)N2c2ccc(OC)c(Cl)c2)cc1OC. The van der Waals surface area contributed by atoms with Gasteiger partial charge in [0.15, 0.2) is 16.9 Å². The van der Waals surface area contributed by atoms with Gasteiger partial charge in [0.1, 0.15) is 17.9 Å². The molecule has 0 aliphatic carbocycles. The summed E-state index contributed by atoms with van der Waals surface area (Å²) in [7, 11) is 3.01. The Morgan fingerprint density at radius 3 is 2.43 bits per heavy atom. The summed E-state index contributed by atoms with van der Waals surface area (Å²) in [5.41, 5.74) is 1.16. The zero-order valence-corrected chi connectivity index (χ0v) is 21.4. The molecule has 2 heterocycles. The fraction of sp³-hybridized carbons (Fsp3) is 0.143. The van der Waals surface area contributed by atoms with Gasteiger partial charge in [-0.25, -0.2) is 0 Å². The Morgan fingerprint density at radius 2 is 1.73 bits per heavy atom. The molecule has 1 aromatic heterocycles. The van der Waals surface area contributed by atoms with E-state index in [0.29, 0.717) is 38.5 Å². The van der Waals surface area contributed by atoms with Crippen LogP contribution in [0.1, 0.15) is 27.7 Å². The van der Waals surface area contributed by atoms with E-state index >= 15 is 0 Å². The zero-order chi connectivity index (χ0) is 26.3. The lowest BCUT2D eigenvalue weighted by atomic mass is 9.97. The topological polar surface area (TPSA) is 78.2 Å². The first kappa shape index (κ1) is 24.7. The van der Waals surface area contributed by atoms with Gasteiger partial charge in [-0.05, 0) is 54.1 Å². The van der Waals surface area contributed by atoms with Crippen molar-refractivity contribution in [3.05, 3.63) is 104 Å². The average Bonchev–Trinajstić information content (AvgIpc) is 3.20. The van der Waals surface area contributed by atoms with Gasteiger partial charge in [0.2, 0.25) is 5.76 Å². The molecule has 0 saturated carbocycles. The lowest BCUT2D eigenvalue weighted by Crippen LogP contribution is -2.29. The molecule has 4 aromatic rings. The molecule has 37 heavy (non-hydrogen) atoms. The molecule has 0 spiro atoms. The molecule has 0 fully saturated rings. The predicted octanol–water partition coefficient (Wildman–Crippen LogP) is 6.43. The van der Waals surface area contributed by atoms with Gasteiger partial charge in [-0.2, -0.15) is 0 Å². The van der Waals surface area contributed by atoms with Crippen LogP contribution in [0.4, 0.5) is 5.69 Å². The minimum Gasteiger partial charge on any atom is -0.495 e. The summed E-state index contributed by atoms with van der Waals surface area (Å²) in [6.45, 7) is 3.95. The molecule has 0 N–H and O–H groups in total. The number of methoxy groups -OCH3 is 2. The second kappa shape index (κ2) is 9.84. The highest BCUT2D eigenvalue weighted by molar-refractivity contribution is 6.32. The van der Waals surface area contributed by atoms with Gasteiger partial charge in [0.25, 0.3) is 5.91 Å². The van der Waals surface area contributed by atoms with Crippen molar-refractivity contribution in [2.24, 2.45) is 0 Å². The molecule has 1 unspecified atom stereocenters. The summed E-state index contributed by atoms with van der Waals surface area (Å²) in [5, 5.41) is 0.964. The number of amides is 1. The summed E-state index contributed by atoms with van der Waals surface area (Å²) < 4.78 is 22.5. The monoisotopic (exact) mass is 537 g/mol. The van der Waals surface area contributed by atoms with Crippen LogP contribution in [0.15, 0.2) is 76.5 Å². The van der Waals surface area contributed by atoms with E-state index in [1.54, 1.807) is 54.6 Å². The number of ether oxygens (including phenoxy) is 3. The molecule has 1 amide bonds. The Balaban J connectivity index is 1.76. The van der Waals surface area contributed by atoms with Crippen LogP contribution in [0, 0.1) is 0 Å². The average molecular weight is 538 g/mol. The number of benzene rings is 3. The lowest BCUT2D eigenvalue weighted by Gasteiger charge is -2.26. The third-order valence-electron chi connectivity index (χ3n) is 6.11. The van der Waals surface area contributed by atoms with Crippen molar-refractivity contribution in [3.8, 4) is 17.2 Å². The minimum absolute atomic E-state index is 0.0530. The highest BCUT2D eigenvalue weighted by atomic mass is 35.5. The smallest absolute Gasteiger partial charge is 0.295 e. The molecule has 5 rings (SSSR count). The molecule has 1 aliphatic rings. The maximum atomic E-state index is 13.8. The molecule has 1 atom stereocenters. The van der Waals surface area contributed by atoms with E-state index in [4.69, 9.17) is 41.8 Å². The second-order valence-corrected chi connectivity index (χ2v) is 9.06. The van der Waals surface area contributed by atoms with E-state index in [9.17, 15) is 9.59 Å². The maximum Gasteiger partial charge on any atom is 0.295 e. The fourth-order valence-electron chi connectivity index (χ4n) is 4.45. The second-order valence-electron chi connectivity index (χ2n) is 8.22. The van der Waals surface area contributed by atoms with E-state index < -0.39 is 11.9 Å². The molecular weight excluding hydrogens is 517 g/mol. The van der Waals surface area contributed by atoms with Crippen molar-refractivity contribution < 1.29 is 23.4 Å². The number of hydrogen-bond acceptors (Lipinski definition) is 6. The summed E-state index contributed by atoms with van der Waals surface area (Å²) in [6, 6.07) is 14.0. The van der Waals surface area contributed by atoms with Gasteiger partial charge >= 0.3 is 0 Å².